The third kappa shape index (κ3) is 4.98. The van der Waals surface area contributed by atoms with E-state index in [1.165, 1.54) is 0 Å². The van der Waals surface area contributed by atoms with Gasteiger partial charge in [0.1, 0.15) is 11.4 Å². The average Bonchev–Trinajstić information content (AvgIpc) is 2.54. The second kappa shape index (κ2) is 7.69. The van der Waals surface area contributed by atoms with Crippen LogP contribution >= 0.6 is 0 Å². The summed E-state index contributed by atoms with van der Waals surface area (Å²) in [7, 11) is 0. The Morgan fingerprint density at radius 1 is 1.12 bits per heavy atom. The molecule has 1 fully saturated rings. The standard InChI is InChI=1S/C19H27NO4/c1-5-23-16-8-6-14(7-9-16)17(21)15-10-12-20(13-11-15)18(22)24-19(2,3)4/h6-9,15H,5,10-13H2,1-4H3. The molecule has 1 heterocycles. The number of hydrogen-bond acceptors (Lipinski definition) is 4. The van der Waals surface area contributed by atoms with Crippen LogP contribution in [-0.2, 0) is 4.74 Å². The number of rotatable bonds is 4. The van der Waals surface area contributed by atoms with E-state index < -0.39 is 5.60 Å². The lowest BCUT2D eigenvalue weighted by Gasteiger charge is -2.33. The topological polar surface area (TPSA) is 55.8 Å². The van der Waals surface area contributed by atoms with E-state index in [-0.39, 0.29) is 17.8 Å². The summed E-state index contributed by atoms with van der Waals surface area (Å²) in [5.74, 6) is 0.873. The fourth-order valence-electron chi connectivity index (χ4n) is 2.77. The largest absolute Gasteiger partial charge is 0.494 e. The molecule has 2 rings (SSSR count). The van der Waals surface area contributed by atoms with Crippen LogP contribution in [0.2, 0.25) is 0 Å². The number of carbonyl (C=O) groups excluding carboxylic acids is 2. The molecule has 0 aromatic heterocycles. The van der Waals surface area contributed by atoms with Gasteiger partial charge in [0.05, 0.1) is 6.61 Å². The van der Waals surface area contributed by atoms with Crippen molar-refractivity contribution in [3.05, 3.63) is 29.8 Å². The molecule has 5 nitrogen and oxygen atoms in total. The highest BCUT2D eigenvalue weighted by Gasteiger charge is 2.30. The number of benzene rings is 1. The van der Waals surface area contributed by atoms with Gasteiger partial charge in [0.25, 0.3) is 0 Å². The molecule has 0 bridgehead atoms. The minimum atomic E-state index is -0.494. The molecule has 1 aliphatic rings. The van der Waals surface area contributed by atoms with Gasteiger partial charge < -0.3 is 14.4 Å². The fraction of sp³-hybridized carbons (Fsp3) is 0.579. The second-order valence-electron chi connectivity index (χ2n) is 7.06. The van der Waals surface area contributed by atoms with Crippen molar-refractivity contribution >= 4 is 11.9 Å². The Bertz CT molecular complexity index is 566. The van der Waals surface area contributed by atoms with E-state index in [4.69, 9.17) is 9.47 Å². The van der Waals surface area contributed by atoms with Crippen molar-refractivity contribution in [2.75, 3.05) is 19.7 Å². The van der Waals surface area contributed by atoms with Crippen molar-refractivity contribution in [3.63, 3.8) is 0 Å². The van der Waals surface area contributed by atoms with Gasteiger partial charge in [0, 0.05) is 24.6 Å². The maximum absolute atomic E-state index is 12.6. The molecular weight excluding hydrogens is 306 g/mol. The van der Waals surface area contributed by atoms with Crippen molar-refractivity contribution < 1.29 is 19.1 Å². The summed E-state index contributed by atoms with van der Waals surface area (Å²) in [5.41, 5.74) is 0.209. The Balaban J connectivity index is 1.89. The third-order valence-electron chi connectivity index (χ3n) is 3.97. The minimum Gasteiger partial charge on any atom is -0.494 e. The molecule has 1 aromatic carbocycles. The Kier molecular flexibility index (Phi) is 5.86. The van der Waals surface area contributed by atoms with Gasteiger partial charge in [-0.1, -0.05) is 0 Å². The highest BCUT2D eigenvalue weighted by atomic mass is 16.6. The Labute approximate surface area is 143 Å². The lowest BCUT2D eigenvalue weighted by molar-refractivity contribution is 0.0182. The van der Waals surface area contributed by atoms with Crippen molar-refractivity contribution in [1.29, 1.82) is 0 Å². The average molecular weight is 333 g/mol. The van der Waals surface area contributed by atoms with E-state index >= 15 is 0 Å². The molecule has 132 valence electrons. The first-order chi connectivity index (χ1) is 11.3. The van der Waals surface area contributed by atoms with Crippen LogP contribution in [-0.4, -0.2) is 42.1 Å². The first-order valence-electron chi connectivity index (χ1n) is 8.55. The minimum absolute atomic E-state index is 0.0402. The summed E-state index contributed by atoms with van der Waals surface area (Å²) in [6.45, 7) is 9.21. The molecule has 0 spiro atoms. The summed E-state index contributed by atoms with van der Waals surface area (Å²) < 4.78 is 10.8. The van der Waals surface area contributed by atoms with Crippen LogP contribution in [0, 0.1) is 5.92 Å². The lowest BCUT2D eigenvalue weighted by Crippen LogP contribution is -2.43. The Hall–Kier alpha value is -2.04. The van der Waals surface area contributed by atoms with Crippen LogP contribution in [0.15, 0.2) is 24.3 Å². The summed E-state index contributed by atoms with van der Waals surface area (Å²) in [4.78, 5) is 26.4. The molecule has 0 radical (unpaired) electrons. The third-order valence-corrected chi connectivity index (χ3v) is 3.97. The number of nitrogens with zero attached hydrogens (tertiary/aromatic N) is 1. The smallest absolute Gasteiger partial charge is 0.410 e. The maximum atomic E-state index is 12.6. The van der Waals surface area contributed by atoms with Gasteiger partial charge in [0.2, 0.25) is 0 Å². The van der Waals surface area contributed by atoms with Crippen LogP contribution in [0.5, 0.6) is 5.75 Å². The van der Waals surface area contributed by atoms with E-state index in [2.05, 4.69) is 0 Å². The lowest BCUT2D eigenvalue weighted by atomic mass is 9.89. The van der Waals surface area contributed by atoms with Gasteiger partial charge in [0.15, 0.2) is 5.78 Å². The molecule has 24 heavy (non-hydrogen) atoms. The molecule has 1 aliphatic heterocycles. The van der Waals surface area contributed by atoms with Crippen LogP contribution in [0.25, 0.3) is 0 Å². The zero-order valence-electron chi connectivity index (χ0n) is 15.0. The molecule has 0 aliphatic carbocycles. The van der Waals surface area contributed by atoms with Crippen molar-refractivity contribution in [3.8, 4) is 5.75 Å². The number of Topliss-reactive ketones (excluding diaryl/α,β-unsaturated/α-hetero) is 1. The predicted molar refractivity (Wildman–Crippen MR) is 92.5 cm³/mol. The zero-order chi connectivity index (χ0) is 17.7. The quantitative estimate of drug-likeness (QED) is 0.784. The van der Waals surface area contributed by atoms with Crippen molar-refractivity contribution in [1.82, 2.24) is 4.90 Å². The first-order valence-corrected chi connectivity index (χ1v) is 8.55. The number of amides is 1. The number of hydrogen-bond donors (Lipinski definition) is 0. The van der Waals surface area contributed by atoms with Crippen LogP contribution in [0.3, 0.4) is 0 Å². The number of likely N-dealkylation sites (tertiary alicyclic amines) is 1. The van der Waals surface area contributed by atoms with E-state index in [0.29, 0.717) is 38.1 Å². The zero-order valence-corrected chi connectivity index (χ0v) is 15.0. The second-order valence-corrected chi connectivity index (χ2v) is 7.06. The Morgan fingerprint density at radius 3 is 2.21 bits per heavy atom. The van der Waals surface area contributed by atoms with Crippen LogP contribution in [0.4, 0.5) is 4.79 Å². The van der Waals surface area contributed by atoms with Gasteiger partial charge in [-0.05, 0) is 64.8 Å². The fourth-order valence-corrected chi connectivity index (χ4v) is 2.77. The summed E-state index contributed by atoms with van der Waals surface area (Å²) in [6.07, 6.45) is 1.05. The van der Waals surface area contributed by atoms with Gasteiger partial charge in [-0.25, -0.2) is 4.79 Å². The molecule has 5 heteroatoms. The maximum Gasteiger partial charge on any atom is 0.410 e. The number of piperidine rings is 1. The van der Waals surface area contributed by atoms with E-state index in [9.17, 15) is 9.59 Å². The molecule has 0 saturated carbocycles. The summed E-state index contributed by atoms with van der Waals surface area (Å²) in [5, 5.41) is 0. The van der Waals surface area contributed by atoms with Gasteiger partial charge >= 0.3 is 6.09 Å². The van der Waals surface area contributed by atoms with Gasteiger partial charge in [-0.2, -0.15) is 0 Å². The summed E-state index contributed by atoms with van der Waals surface area (Å²) >= 11 is 0. The molecule has 1 saturated heterocycles. The number of ether oxygens (including phenoxy) is 2. The van der Waals surface area contributed by atoms with Crippen molar-refractivity contribution in [2.24, 2.45) is 5.92 Å². The number of carbonyl (C=O) groups is 2. The van der Waals surface area contributed by atoms with Gasteiger partial charge in [-0.3, -0.25) is 4.79 Å². The Morgan fingerprint density at radius 2 is 1.71 bits per heavy atom. The normalized spacial score (nSPS) is 15.9. The highest BCUT2D eigenvalue weighted by Crippen LogP contribution is 2.24. The van der Waals surface area contributed by atoms with Crippen molar-refractivity contribution in [2.45, 2.75) is 46.1 Å². The molecule has 0 N–H and O–H groups in total. The molecule has 0 atom stereocenters. The molecular formula is C19H27NO4. The first kappa shape index (κ1) is 18.3. The van der Waals surface area contributed by atoms with Gasteiger partial charge in [-0.15, -0.1) is 0 Å². The monoisotopic (exact) mass is 333 g/mol. The van der Waals surface area contributed by atoms with Crippen LogP contribution < -0.4 is 4.74 Å². The number of ketones is 1. The van der Waals surface area contributed by atoms with Crippen LogP contribution in [0.1, 0.15) is 50.9 Å². The SMILES string of the molecule is CCOc1ccc(C(=O)C2CCN(C(=O)OC(C)(C)C)CC2)cc1. The molecule has 1 amide bonds. The molecule has 0 unspecified atom stereocenters. The highest BCUT2D eigenvalue weighted by molar-refractivity contribution is 5.98. The van der Waals surface area contributed by atoms with E-state index in [0.717, 1.165) is 5.75 Å². The summed E-state index contributed by atoms with van der Waals surface area (Å²) in [6, 6.07) is 7.28. The predicted octanol–water partition coefficient (Wildman–Crippen LogP) is 3.92. The van der Waals surface area contributed by atoms with E-state index in [1.54, 1.807) is 4.90 Å². The van der Waals surface area contributed by atoms with E-state index in [1.807, 2.05) is 52.0 Å². The molecule has 1 aromatic rings.